The zero-order valence-electron chi connectivity index (χ0n) is 17.1. The predicted octanol–water partition coefficient (Wildman–Crippen LogP) is 5.23. The summed E-state index contributed by atoms with van der Waals surface area (Å²) >= 11 is 0. The lowest BCUT2D eigenvalue weighted by Gasteiger charge is -2.13. The molecule has 30 heavy (non-hydrogen) atoms. The summed E-state index contributed by atoms with van der Waals surface area (Å²) in [5, 5.41) is 9.25. The van der Waals surface area contributed by atoms with E-state index < -0.39 is 5.97 Å². The summed E-state index contributed by atoms with van der Waals surface area (Å²) in [7, 11) is 1.62. The van der Waals surface area contributed by atoms with Crippen LogP contribution in [0, 0.1) is 25.7 Å². The van der Waals surface area contributed by atoms with Crippen LogP contribution in [0.25, 0.3) is 0 Å². The Hall–Kier alpha value is -3.91. The number of methoxy groups -OCH3 is 1. The minimum absolute atomic E-state index is 0.171. The van der Waals surface area contributed by atoms with Gasteiger partial charge >= 0.3 is 5.97 Å². The number of carbonyl (C=O) groups is 1. The van der Waals surface area contributed by atoms with E-state index in [9.17, 15) is 9.90 Å². The number of carboxylic acids is 1. The molecule has 3 aromatic carbocycles. The second-order valence-electron chi connectivity index (χ2n) is 6.71. The summed E-state index contributed by atoms with van der Waals surface area (Å²) in [4.78, 5) is 11.3. The first-order chi connectivity index (χ1) is 14.4. The second kappa shape index (κ2) is 9.53. The van der Waals surface area contributed by atoms with Crippen molar-refractivity contribution >= 4 is 5.97 Å². The lowest BCUT2D eigenvalue weighted by molar-refractivity contribution is 0.0696. The van der Waals surface area contributed by atoms with Crippen LogP contribution in [0.15, 0.2) is 60.7 Å². The number of aromatic carboxylic acids is 1. The summed E-state index contributed by atoms with van der Waals surface area (Å²) < 4.78 is 16.9. The van der Waals surface area contributed by atoms with E-state index in [1.54, 1.807) is 25.3 Å². The highest BCUT2D eigenvalue weighted by atomic mass is 16.5. The van der Waals surface area contributed by atoms with Crippen molar-refractivity contribution in [2.45, 2.75) is 13.8 Å². The Morgan fingerprint density at radius 1 is 0.900 bits per heavy atom. The van der Waals surface area contributed by atoms with E-state index in [4.69, 9.17) is 14.2 Å². The molecule has 0 fully saturated rings. The van der Waals surface area contributed by atoms with Crippen LogP contribution in [-0.4, -0.2) is 24.8 Å². The molecule has 0 atom stereocenters. The van der Waals surface area contributed by atoms with Crippen molar-refractivity contribution in [2.24, 2.45) is 0 Å². The van der Waals surface area contributed by atoms with Gasteiger partial charge < -0.3 is 19.3 Å². The Morgan fingerprint density at radius 3 is 2.37 bits per heavy atom. The molecule has 0 aliphatic rings. The van der Waals surface area contributed by atoms with Crippen LogP contribution in [0.1, 0.15) is 27.0 Å². The van der Waals surface area contributed by atoms with E-state index in [1.807, 2.05) is 50.2 Å². The first kappa shape index (κ1) is 20.8. The Bertz CT molecular complexity index is 1100. The second-order valence-corrected chi connectivity index (χ2v) is 6.71. The summed E-state index contributed by atoms with van der Waals surface area (Å²) in [6.07, 6.45) is 0. The minimum Gasteiger partial charge on any atom is -0.497 e. The van der Waals surface area contributed by atoms with Gasteiger partial charge in [0, 0.05) is 5.56 Å². The number of rotatable bonds is 6. The molecule has 5 heteroatoms. The molecule has 0 saturated heterocycles. The van der Waals surface area contributed by atoms with E-state index in [0.717, 1.165) is 22.4 Å². The Morgan fingerprint density at radius 2 is 1.67 bits per heavy atom. The summed E-state index contributed by atoms with van der Waals surface area (Å²) in [6.45, 7) is 3.95. The fourth-order valence-electron chi connectivity index (χ4n) is 2.80. The summed E-state index contributed by atoms with van der Waals surface area (Å²) in [6, 6.07) is 17.9. The minimum atomic E-state index is -1.00. The van der Waals surface area contributed by atoms with Crippen LogP contribution in [-0.2, 0) is 0 Å². The maximum atomic E-state index is 11.3. The maximum absolute atomic E-state index is 11.3. The van der Waals surface area contributed by atoms with Crippen LogP contribution >= 0.6 is 0 Å². The number of hydrogen-bond acceptors (Lipinski definition) is 4. The van der Waals surface area contributed by atoms with E-state index in [0.29, 0.717) is 17.2 Å². The normalized spacial score (nSPS) is 9.97. The van der Waals surface area contributed by atoms with Crippen molar-refractivity contribution in [1.29, 1.82) is 0 Å². The molecule has 3 aromatic rings. The SMILES string of the molecule is COc1ccc(C#CCOc2cc(C)ccc2Oc2cc(C)cc(C(=O)O)c2)cc1. The van der Waals surface area contributed by atoms with E-state index >= 15 is 0 Å². The van der Waals surface area contributed by atoms with Crippen LogP contribution in [0.2, 0.25) is 0 Å². The van der Waals surface area contributed by atoms with E-state index in [2.05, 4.69) is 11.8 Å². The molecule has 0 heterocycles. The fraction of sp³-hybridized carbons (Fsp3) is 0.160. The van der Waals surface area contributed by atoms with Crippen LogP contribution < -0.4 is 14.2 Å². The van der Waals surface area contributed by atoms with Crippen molar-refractivity contribution in [1.82, 2.24) is 0 Å². The van der Waals surface area contributed by atoms with Crippen molar-refractivity contribution in [3.8, 4) is 34.8 Å². The van der Waals surface area contributed by atoms with Crippen molar-refractivity contribution in [3.63, 3.8) is 0 Å². The summed E-state index contributed by atoms with van der Waals surface area (Å²) in [5.74, 6) is 7.27. The van der Waals surface area contributed by atoms with Crippen molar-refractivity contribution in [2.75, 3.05) is 13.7 Å². The molecule has 1 N–H and O–H groups in total. The number of benzene rings is 3. The average molecular weight is 402 g/mol. The molecule has 0 saturated carbocycles. The van der Waals surface area contributed by atoms with Crippen LogP contribution in [0.5, 0.6) is 23.0 Å². The third kappa shape index (κ3) is 5.55. The molecule has 152 valence electrons. The molecule has 3 rings (SSSR count). The fourth-order valence-corrected chi connectivity index (χ4v) is 2.80. The lowest BCUT2D eigenvalue weighted by Crippen LogP contribution is -2.00. The molecule has 0 radical (unpaired) electrons. The average Bonchev–Trinajstić information content (AvgIpc) is 2.73. The van der Waals surface area contributed by atoms with Gasteiger partial charge in [-0.2, -0.15) is 0 Å². The maximum Gasteiger partial charge on any atom is 0.335 e. The number of aryl methyl sites for hydroxylation is 2. The Kier molecular flexibility index (Phi) is 6.61. The van der Waals surface area contributed by atoms with Gasteiger partial charge in [-0.3, -0.25) is 0 Å². The van der Waals surface area contributed by atoms with Gasteiger partial charge in [0.05, 0.1) is 12.7 Å². The highest BCUT2D eigenvalue weighted by Gasteiger charge is 2.10. The zero-order valence-corrected chi connectivity index (χ0v) is 17.1. The Balaban J connectivity index is 1.74. The number of carboxylic acid groups (broad SMARTS) is 1. The molecule has 0 bridgehead atoms. The topological polar surface area (TPSA) is 65.0 Å². The van der Waals surface area contributed by atoms with Gasteiger partial charge in [-0.15, -0.1) is 0 Å². The highest BCUT2D eigenvalue weighted by molar-refractivity contribution is 5.88. The molecule has 0 amide bonds. The zero-order chi connectivity index (χ0) is 21.5. The first-order valence-electron chi connectivity index (χ1n) is 9.34. The molecule has 0 aliphatic carbocycles. The number of ether oxygens (including phenoxy) is 3. The number of hydrogen-bond donors (Lipinski definition) is 1. The van der Waals surface area contributed by atoms with Gasteiger partial charge in [0.1, 0.15) is 18.1 Å². The third-order valence-corrected chi connectivity index (χ3v) is 4.25. The quantitative estimate of drug-likeness (QED) is 0.572. The van der Waals surface area contributed by atoms with Crippen molar-refractivity contribution in [3.05, 3.63) is 82.9 Å². The van der Waals surface area contributed by atoms with Gasteiger partial charge in [0.25, 0.3) is 0 Å². The van der Waals surface area contributed by atoms with Gasteiger partial charge in [0.2, 0.25) is 0 Å². The third-order valence-electron chi connectivity index (χ3n) is 4.25. The standard InChI is InChI=1S/C25H22O5/c1-17-6-11-23(30-22-14-18(2)13-20(16-22)25(26)27)24(15-17)29-12-4-5-19-7-9-21(28-3)10-8-19/h6-11,13-16H,12H2,1-3H3,(H,26,27). The van der Waals surface area contributed by atoms with Gasteiger partial charge in [-0.1, -0.05) is 17.9 Å². The largest absolute Gasteiger partial charge is 0.497 e. The predicted molar refractivity (Wildman–Crippen MR) is 115 cm³/mol. The smallest absolute Gasteiger partial charge is 0.335 e. The molecule has 0 unspecified atom stereocenters. The molecule has 0 spiro atoms. The van der Waals surface area contributed by atoms with Crippen molar-refractivity contribution < 1.29 is 24.1 Å². The highest BCUT2D eigenvalue weighted by Crippen LogP contribution is 2.33. The molecule has 0 aliphatic heterocycles. The first-order valence-corrected chi connectivity index (χ1v) is 9.34. The summed E-state index contributed by atoms with van der Waals surface area (Å²) in [5.41, 5.74) is 2.84. The Labute approximate surface area is 175 Å². The monoisotopic (exact) mass is 402 g/mol. The molecular formula is C25H22O5. The lowest BCUT2D eigenvalue weighted by atomic mass is 10.1. The van der Waals surface area contributed by atoms with Gasteiger partial charge in [-0.05, 0) is 79.6 Å². The molecular weight excluding hydrogens is 380 g/mol. The van der Waals surface area contributed by atoms with E-state index in [-0.39, 0.29) is 12.2 Å². The van der Waals surface area contributed by atoms with Gasteiger partial charge in [-0.25, -0.2) is 4.79 Å². The van der Waals surface area contributed by atoms with Crippen LogP contribution in [0.4, 0.5) is 0 Å². The van der Waals surface area contributed by atoms with Crippen LogP contribution in [0.3, 0.4) is 0 Å². The van der Waals surface area contributed by atoms with Gasteiger partial charge in [0.15, 0.2) is 11.5 Å². The molecule has 0 aromatic heterocycles. The molecule has 5 nitrogen and oxygen atoms in total. The van der Waals surface area contributed by atoms with E-state index in [1.165, 1.54) is 6.07 Å².